The summed E-state index contributed by atoms with van der Waals surface area (Å²) in [6.45, 7) is 6.19. The number of rotatable bonds is 7. The number of benzene rings is 1. The molecule has 0 bridgehead atoms. The number of hydrogen-bond acceptors (Lipinski definition) is 2. The minimum atomic E-state index is 0.479. The van der Waals surface area contributed by atoms with Crippen LogP contribution in [-0.2, 0) is 0 Å². The van der Waals surface area contributed by atoms with E-state index in [0.29, 0.717) is 6.04 Å². The summed E-state index contributed by atoms with van der Waals surface area (Å²) >= 11 is 0. The number of nitrogens with one attached hydrogen (secondary N) is 1. The van der Waals surface area contributed by atoms with Crippen molar-refractivity contribution in [1.29, 1.82) is 0 Å². The Balaban J connectivity index is 1.86. The molecule has 1 aliphatic rings. The third-order valence-corrected chi connectivity index (χ3v) is 4.38. The van der Waals surface area contributed by atoms with E-state index in [2.05, 4.69) is 36.5 Å². The molecule has 2 nitrogen and oxygen atoms in total. The lowest BCUT2D eigenvalue weighted by Crippen LogP contribution is -2.28. The second-order valence-corrected chi connectivity index (χ2v) is 5.88. The second-order valence-electron chi connectivity index (χ2n) is 5.88. The van der Waals surface area contributed by atoms with E-state index in [1.807, 2.05) is 6.92 Å². The molecule has 2 rings (SSSR count). The van der Waals surface area contributed by atoms with Gasteiger partial charge < -0.3 is 10.1 Å². The zero-order valence-electron chi connectivity index (χ0n) is 13.0. The molecule has 1 fully saturated rings. The lowest BCUT2D eigenvalue weighted by molar-refractivity contribution is 0.325. The monoisotopic (exact) mass is 275 g/mol. The Morgan fingerprint density at radius 3 is 2.40 bits per heavy atom. The van der Waals surface area contributed by atoms with Crippen LogP contribution >= 0.6 is 0 Å². The highest BCUT2D eigenvalue weighted by Crippen LogP contribution is 2.25. The van der Waals surface area contributed by atoms with Crippen molar-refractivity contribution in [2.45, 2.75) is 58.4 Å². The van der Waals surface area contributed by atoms with E-state index in [9.17, 15) is 0 Å². The predicted octanol–water partition coefficient (Wildman–Crippen LogP) is 4.71. The van der Waals surface area contributed by atoms with Gasteiger partial charge in [-0.3, -0.25) is 0 Å². The topological polar surface area (TPSA) is 21.3 Å². The van der Waals surface area contributed by atoms with Crippen molar-refractivity contribution < 1.29 is 4.74 Å². The third-order valence-electron chi connectivity index (χ3n) is 4.38. The highest BCUT2D eigenvalue weighted by Gasteiger charge is 2.15. The molecule has 0 aliphatic heterocycles. The largest absolute Gasteiger partial charge is 0.494 e. The third kappa shape index (κ3) is 4.52. The first-order valence-corrected chi connectivity index (χ1v) is 8.29. The van der Waals surface area contributed by atoms with E-state index in [1.54, 1.807) is 0 Å². The first-order valence-electron chi connectivity index (χ1n) is 8.29. The van der Waals surface area contributed by atoms with E-state index in [0.717, 1.165) is 24.7 Å². The summed E-state index contributed by atoms with van der Waals surface area (Å²) < 4.78 is 5.51. The maximum atomic E-state index is 5.51. The molecule has 2 heteroatoms. The van der Waals surface area contributed by atoms with Crippen LogP contribution in [0.5, 0.6) is 5.75 Å². The SMILES string of the molecule is CCOc1ccc(C(CC)NCC2CCCCC2)cc1. The van der Waals surface area contributed by atoms with Crippen molar-refractivity contribution in [3.8, 4) is 5.75 Å². The number of hydrogen-bond donors (Lipinski definition) is 1. The maximum Gasteiger partial charge on any atom is 0.119 e. The molecule has 0 heterocycles. The van der Waals surface area contributed by atoms with Gasteiger partial charge in [0, 0.05) is 6.04 Å². The highest BCUT2D eigenvalue weighted by molar-refractivity contribution is 5.29. The van der Waals surface area contributed by atoms with Gasteiger partial charge in [0.25, 0.3) is 0 Å². The average Bonchev–Trinajstić information content (AvgIpc) is 2.51. The van der Waals surface area contributed by atoms with Crippen LogP contribution in [0.1, 0.15) is 64.0 Å². The molecule has 0 spiro atoms. The molecule has 1 N–H and O–H groups in total. The molecule has 112 valence electrons. The first kappa shape index (κ1) is 15.4. The summed E-state index contributed by atoms with van der Waals surface area (Å²) in [6, 6.07) is 9.06. The van der Waals surface area contributed by atoms with Crippen LogP contribution in [0, 0.1) is 5.92 Å². The first-order chi connectivity index (χ1) is 9.83. The molecule has 1 unspecified atom stereocenters. The Morgan fingerprint density at radius 1 is 1.10 bits per heavy atom. The normalized spacial score (nSPS) is 17.9. The molecule has 1 aromatic rings. The lowest BCUT2D eigenvalue weighted by Gasteiger charge is -2.25. The van der Waals surface area contributed by atoms with Crippen LogP contribution in [0.2, 0.25) is 0 Å². The molecule has 1 atom stereocenters. The van der Waals surface area contributed by atoms with Crippen LogP contribution in [-0.4, -0.2) is 13.2 Å². The van der Waals surface area contributed by atoms with Crippen molar-refractivity contribution in [1.82, 2.24) is 5.32 Å². The van der Waals surface area contributed by atoms with Crippen molar-refractivity contribution >= 4 is 0 Å². The van der Waals surface area contributed by atoms with Gasteiger partial charge in [0.15, 0.2) is 0 Å². The Kier molecular flexibility index (Phi) is 6.38. The summed E-state index contributed by atoms with van der Waals surface area (Å²) in [5.41, 5.74) is 1.38. The van der Waals surface area contributed by atoms with Gasteiger partial charge in [0.1, 0.15) is 5.75 Å². The van der Waals surface area contributed by atoms with E-state index < -0.39 is 0 Å². The Labute approximate surface area is 123 Å². The Bertz CT molecular complexity index is 368. The van der Waals surface area contributed by atoms with Crippen LogP contribution in [0.25, 0.3) is 0 Å². The number of ether oxygens (including phenoxy) is 1. The standard InChI is InChI=1S/C18H29NO/c1-3-18(19-14-15-8-6-5-7-9-15)16-10-12-17(13-11-16)20-4-2/h10-13,15,18-19H,3-9,14H2,1-2H3. The van der Waals surface area contributed by atoms with Crippen LogP contribution in [0.4, 0.5) is 0 Å². The fourth-order valence-electron chi connectivity index (χ4n) is 3.16. The Hall–Kier alpha value is -1.02. The molecule has 1 aliphatic carbocycles. The minimum Gasteiger partial charge on any atom is -0.494 e. The molecule has 0 saturated heterocycles. The van der Waals surface area contributed by atoms with E-state index in [4.69, 9.17) is 4.74 Å². The van der Waals surface area contributed by atoms with Gasteiger partial charge >= 0.3 is 0 Å². The fourth-order valence-corrected chi connectivity index (χ4v) is 3.16. The summed E-state index contributed by atoms with van der Waals surface area (Å²) in [5.74, 6) is 1.86. The average molecular weight is 275 g/mol. The van der Waals surface area contributed by atoms with Gasteiger partial charge in [0.2, 0.25) is 0 Å². The molecule has 0 radical (unpaired) electrons. The van der Waals surface area contributed by atoms with Crippen LogP contribution < -0.4 is 10.1 Å². The van der Waals surface area contributed by atoms with Crippen molar-refractivity contribution in [2.75, 3.05) is 13.2 Å². The van der Waals surface area contributed by atoms with Gasteiger partial charge in [-0.05, 0) is 56.3 Å². The van der Waals surface area contributed by atoms with Gasteiger partial charge in [-0.15, -0.1) is 0 Å². The molecule has 0 amide bonds. The molecule has 1 saturated carbocycles. The zero-order valence-corrected chi connectivity index (χ0v) is 13.0. The van der Waals surface area contributed by atoms with Gasteiger partial charge in [0.05, 0.1) is 6.61 Å². The summed E-state index contributed by atoms with van der Waals surface area (Å²) in [5, 5.41) is 3.77. The van der Waals surface area contributed by atoms with Gasteiger partial charge in [-0.1, -0.05) is 38.3 Å². The smallest absolute Gasteiger partial charge is 0.119 e. The Morgan fingerprint density at radius 2 is 1.80 bits per heavy atom. The highest BCUT2D eigenvalue weighted by atomic mass is 16.5. The molecule has 1 aromatic carbocycles. The van der Waals surface area contributed by atoms with E-state index in [-0.39, 0.29) is 0 Å². The molecule has 20 heavy (non-hydrogen) atoms. The maximum absolute atomic E-state index is 5.51. The van der Waals surface area contributed by atoms with E-state index >= 15 is 0 Å². The van der Waals surface area contributed by atoms with Crippen LogP contribution in [0.15, 0.2) is 24.3 Å². The van der Waals surface area contributed by atoms with Crippen molar-refractivity contribution in [3.05, 3.63) is 29.8 Å². The van der Waals surface area contributed by atoms with E-state index in [1.165, 1.54) is 44.2 Å². The fraction of sp³-hybridized carbons (Fsp3) is 0.667. The summed E-state index contributed by atoms with van der Waals surface area (Å²) in [7, 11) is 0. The lowest BCUT2D eigenvalue weighted by atomic mass is 9.89. The predicted molar refractivity (Wildman–Crippen MR) is 85.2 cm³/mol. The second kappa shape index (κ2) is 8.31. The van der Waals surface area contributed by atoms with Crippen molar-refractivity contribution in [2.24, 2.45) is 5.92 Å². The van der Waals surface area contributed by atoms with Crippen LogP contribution in [0.3, 0.4) is 0 Å². The quantitative estimate of drug-likeness (QED) is 0.778. The van der Waals surface area contributed by atoms with Gasteiger partial charge in [-0.25, -0.2) is 0 Å². The van der Waals surface area contributed by atoms with Gasteiger partial charge in [-0.2, -0.15) is 0 Å². The molecular formula is C18H29NO. The molecule has 0 aromatic heterocycles. The molecular weight excluding hydrogens is 246 g/mol. The summed E-state index contributed by atoms with van der Waals surface area (Å²) in [6.07, 6.45) is 8.24. The summed E-state index contributed by atoms with van der Waals surface area (Å²) in [4.78, 5) is 0. The van der Waals surface area contributed by atoms with Crippen molar-refractivity contribution in [3.63, 3.8) is 0 Å². The minimum absolute atomic E-state index is 0.479. The zero-order chi connectivity index (χ0) is 14.2.